The van der Waals surface area contributed by atoms with E-state index in [2.05, 4.69) is 8.37 Å². The van der Waals surface area contributed by atoms with E-state index in [4.69, 9.17) is 4.42 Å². The van der Waals surface area contributed by atoms with Crippen LogP contribution in [-0.4, -0.2) is 28.4 Å². The van der Waals surface area contributed by atoms with Gasteiger partial charge in [-0.25, -0.2) is 13.2 Å². The van der Waals surface area contributed by atoms with E-state index < -0.39 is 68.4 Å². The van der Waals surface area contributed by atoms with Crippen molar-refractivity contribution in [1.82, 2.24) is 0 Å². The van der Waals surface area contributed by atoms with Gasteiger partial charge in [-0.1, -0.05) is 60.7 Å². The Bertz CT molecular complexity index is 1500. The van der Waals surface area contributed by atoms with E-state index in [1.807, 2.05) is 0 Å². The average molecular weight is 514 g/mol. The summed E-state index contributed by atoms with van der Waals surface area (Å²) in [5, 5.41) is 10.8. The van der Waals surface area contributed by atoms with Crippen LogP contribution in [0.5, 0.6) is 17.2 Å². The number of carbonyl (C=O) groups excluding carboxylic acids is 1. The lowest BCUT2D eigenvalue weighted by atomic mass is 9.84. The van der Waals surface area contributed by atoms with Crippen LogP contribution >= 0.6 is 0 Å². The first-order valence-corrected chi connectivity index (χ1v) is 11.8. The molecule has 180 valence electrons. The van der Waals surface area contributed by atoms with E-state index in [9.17, 15) is 32.2 Å². The average Bonchev–Trinajstić information content (AvgIpc) is 2.81. The molecule has 0 bridgehead atoms. The fourth-order valence-corrected chi connectivity index (χ4v) is 4.18. The Balaban J connectivity index is 2.02. The first kappa shape index (κ1) is 24.3. The van der Waals surface area contributed by atoms with Gasteiger partial charge in [0.15, 0.2) is 11.5 Å². The summed E-state index contributed by atoms with van der Waals surface area (Å²) in [6.07, 6.45) is 0. The molecule has 12 heteroatoms. The summed E-state index contributed by atoms with van der Waals surface area (Å²) in [4.78, 5) is 26.6. The molecule has 0 aliphatic rings. The summed E-state index contributed by atoms with van der Waals surface area (Å²) >= 11 is -6.20. The molecule has 4 aromatic rings. The maximum absolute atomic E-state index is 13.5. The van der Waals surface area contributed by atoms with E-state index in [1.54, 1.807) is 60.7 Å². The van der Waals surface area contributed by atoms with Crippen LogP contribution in [0.2, 0.25) is 0 Å². The summed E-state index contributed by atoms with van der Waals surface area (Å²) < 4.78 is 58.8. The molecule has 0 saturated heterocycles. The normalized spacial score (nSPS) is 13.7. The smallest absolute Gasteiger partial charge is 0.344 e. The number of ketones is 1. The van der Waals surface area contributed by atoms with Crippen molar-refractivity contribution in [3.05, 3.63) is 99.9 Å². The van der Waals surface area contributed by atoms with E-state index >= 15 is 0 Å². The van der Waals surface area contributed by atoms with Crippen molar-refractivity contribution in [3.63, 3.8) is 0 Å². The third kappa shape index (κ3) is 5.15. The molecule has 1 aromatic heterocycles. The third-order valence-electron chi connectivity index (χ3n) is 5.02. The van der Waals surface area contributed by atoms with Gasteiger partial charge in [0.1, 0.15) is 45.2 Å². The van der Waals surface area contributed by atoms with Crippen molar-refractivity contribution in [2.45, 2.75) is 5.92 Å². The fourth-order valence-electron chi connectivity index (χ4n) is 3.65. The van der Waals surface area contributed by atoms with Crippen LogP contribution < -0.4 is 14.0 Å². The van der Waals surface area contributed by atoms with Crippen LogP contribution in [0.15, 0.2) is 82.0 Å². The highest BCUT2D eigenvalue weighted by molar-refractivity contribution is 7.74. The molecular formula is C23H14O10S2-2. The zero-order chi connectivity index (χ0) is 25.1. The maximum Gasteiger partial charge on any atom is 0.344 e. The number of hydrogen-bond donors (Lipinski definition) is 1. The first-order valence-electron chi connectivity index (χ1n) is 9.79. The van der Waals surface area contributed by atoms with Gasteiger partial charge in [0, 0.05) is 17.7 Å². The largest absolute Gasteiger partial charge is 0.740 e. The molecule has 35 heavy (non-hydrogen) atoms. The summed E-state index contributed by atoms with van der Waals surface area (Å²) in [5.41, 5.74) is -1.39. The Hall–Kier alpha value is -3.84. The maximum atomic E-state index is 13.5. The van der Waals surface area contributed by atoms with E-state index in [-0.39, 0.29) is 10.9 Å². The van der Waals surface area contributed by atoms with Crippen molar-refractivity contribution in [2.75, 3.05) is 0 Å². The van der Waals surface area contributed by atoms with Crippen LogP contribution in [0.4, 0.5) is 0 Å². The number of carbonyl (C=O) groups is 1. The minimum atomic E-state index is -3.16. The molecule has 0 radical (unpaired) electrons. The van der Waals surface area contributed by atoms with Gasteiger partial charge in [0.25, 0.3) is 0 Å². The molecule has 3 aromatic carbocycles. The topological polar surface area (TPSA) is 166 Å². The van der Waals surface area contributed by atoms with E-state index in [1.165, 1.54) is 0 Å². The second-order valence-corrected chi connectivity index (χ2v) is 8.25. The Kier molecular flexibility index (Phi) is 7.07. The molecular weight excluding hydrogens is 500 g/mol. The zero-order valence-electron chi connectivity index (χ0n) is 17.4. The molecule has 0 amide bonds. The first-order chi connectivity index (χ1) is 16.8. The minimum absolute atomic E-state index is 0.249. The second-order valence-electron chi connectivity index (χ2n) is 7.10. The van der Waals surface area contributed by atoms with Gasteiger partial charge in [-0.2, -0.15) is 0 Å². The van der Waals surface area contributed by atoms with Gasteiger partial charge in [0.2, 0.25) is 0 Å². The van der Waals surface area contributed by atoms with Crippen molar-refractivity contribution >= 4 is 39.5 Å². The highest BCUT2D eigenvalue weighted by atomic mass is 32.2. The molecule has 4 rings (SSSR count). The van der Waals surface area contributed by atoms with Crippen LogP contribution in [0.1, 0.15) is 27.4 Å². The summed E-state index contributed by atoms with van der Waals surface area (Å²) in [7, 11) is 0. The highest BCUT2D eigenvalue weighted by Crippen LogP contribution is 2.42. The highest BCUT2D eigenvalue weighted by Gasteiger charge is 2.32. The lowest BCUT2D eigenvalue weighted by molar-refractivity contribution is 0.0971. The Labute approximate surface area is 202 Å². The molecule has 0 fully saturated rings. The third-order valence-corrected chi connectivity index (χ3v) is 5.66. The van der Waals surface area contributed by atoms with Gasteiger partial charge in [-0.3, -0.25) is 4.79 Å². The van der Waals surface area contributed by atoms with E-state index in [0.29, 0.717) is 5.56 Å². The number of benzene rings is 3. The van der Waals surface area contributed by atoms with Gasteiger partial charge >= 0.3 is 5.63 Å². The van der Waals surface area contributed by atoms with Crippen molar-refractivity contribution in [1.29, 1.82) is 0 Å². The number of fused-ring (bicyclic) bond motifs is 1. The zero-order valence-corrected chi connectivity index (χ0v) is 19.1. The van der Waals surface area contributed by atoms with Crippen molar-refractivity contribution < 1.29 is 40.2 Å². The summed E-state index contributed by atoms with van der Waals surface area (Å²) in [6.45, 7) is 0. The SMILES string of the molecule is O=C(c1ccccc1)C(c1ccccc1)c1c(O)c2c(OS(=O)[O-])cc(OS(=O)[O-])cc2oc1=O. The molecule has 0 aliphatic carbocycles. The monoisotopic (exact) mass is 514 g/mol. The van der Waals surface area contributed by atoms with Crippen LogP contribution in [0.3, 0.4) is 0 Å². The Morgan fingerprint density at radius 2 is 1.51 bits per heavy atom. The van der Waals surface area contributed by atoms with Gasteiger partial charge in [-0.05, 0) is 5.56 Å². The summed E-state index contributed by atoms with van der Waals surface area (Å²) in [5.74, 6) is -3.66. The quantitative estimate of drug-likeness (QED) is 0.210. The number of rotatable bonds is 8. The van der Waals surface area contributed by atoms with Gasteiger partial charge in [0.05, 0.1) is 11.5 Å². The number of Topliss-reactive ketones (excluding diaryl/α,β-unsaturated/α-hetero) is 1. The molecule has 1 heterocycles. The van der Waals surface area contributed by atoms with Crippen LogP contribution in [0, 0.1) is 0 Å². The predicted molar refractivity (Wildman–Crippen MR) is 122 cm³/mol. The molecule has 0 aliphatic heterocycles. The Morgan fingerprint density at radius 1 is 0.914 bits per heavy atom. The minimum Gasteiger partial charge on any atom is -0.740 e. The standard InChI is InChI=1S/C23H16O10S2/c24-21(14-9-5-2-6-10-14)18(13-7-3-1-4-8-13)20-22(25)19-16(31-23(20)26)11-15(32-34(27)28)12-17(19)33-35(29)30/h1-12,18,25H,(H,27,28)(H,29,30)/p-2. The van der Waals surface area contributed by atoms with E-state index in [0.717, 1.165) is 12.1 Å². The van der Waals surface area contributed by atoms with Gasteiger partial charge in [-0.15, -0.1) is 0 Å². The van der Waals surface area contributed by atoms with Crippen molar-refractivity contribution in [3.8, 4) is 17.2 Å². The lowest BCUT2D eigenvalue weighted by Crippen LogP contribution is -2.22. The van der Waals surface area contributed by atoms with Crippen LogP contribution in [0.25, 0.3) is 11.0 Å². The Morgan fingerprint density at radius 3 is 2.11 bits per heavy atom. The molecule has 3 atom stereocenters. The summed E-state index contributed by atoms with van der Waals surface area (Å²) in [6, 6.07) is 18.0. The molecule has 0 saturated carbocycles. The fraction of sp³-hybridized carbons (Fsp3) is 0.0435. The van der Waals surface area contributed by atoms with Crippen LogP contribution in [-0.2, 0) is 22.7 Å². The van der Waals surface area contributed by atoms with Crippen molar-refractivity contribution in [2.24, 2.45) is 0 Å². The number of aromatic hydroxyl groups is 1. The predicted octanol–water partition coefficient (Wildman–Crippen LogP) is 2.86. The molecule has 0 spiro atoms. The van der Waals surface area contributed by atoms with Gasteiger partial charge < -0.3 is 27.0 Å². The lowest BCUT2D eigenvalue weighted by Gasteiger charge is -2.19. The number of hydrogen-bond acceptors (Lipinski definition) is 10. The molecule has 1 N–H and O–H groups in total. The second kappa shape index (κ2) is 10.2. The molecule has 10 nitrogen and oxygen atoms in total. The molecule has 3 unspecified atom stereocenters.